The van der Waals surface area contributed by atoms with Gasteiger partial charge in [0.25, 0.3) is 5.91 Å². The van der Waals surface area contributed by atoms with Crippen molar-refractivity contribution in [1.82, 2.24) is 14.8 Å². The van der Waals surface area contributed by atoms with Crippen molar-refractivity contribution in [2.75, 3.05) is 31.5 Å². The molecule has 0 spiro atoms. The van der Waals surface area contributed by atoms with Gasteiger partial charge in [-0.3, -0.25) is 9.78 Å². The molecule has 1 fully saturated rings. The Morgan fingerprint density at radius 1 is 0.952 bits per heavy atom. The normalized spacial score (nSPS) is 14.2. The van der Waals surface area contributed by atoms with Crippen molar-refractivity contribution in [3.8, 4) is 0 Å². The molecule has 5 rings (SSSR count). The Bertz CT molecular complexity index is 1750. The number of benzene rings is 3. The van der Waals surface area contributed by atoms with E-state index in [2.05, 4.69) is 10.3 Å². The molecule has 2 heterocycles. The first-order chi connectivity index (χ1) is 19.9. The monoisotopic (exact) mass is 632 g/mol. The molecule has 1 aromatic heterocycles. The minimum atomic E-state index is -4.52. The fraction of sp³-hybridized carbons (Fsp3) is 0.207. The predicted molar refractivity (Wildman–Crippen MR) is 159 cm³/mol. The van der Waals surface area contributed by atoms with Crippen molar-refractivity contribution in [3.05, 3.63) is 101 Å². The van der Waals surface area contributed by atoms with Crippen LogP contribution in [0.25, 0.3) is 10.9 Å². The molecule has 3 aromatic carbocycles. The number of halogens is 4. The summed E-state index contributed by atoms with van der Waals surface area (Å²) in [5.41, 5.74) is 0.566. The summed E-state index contributed by atoms with van der Waals surface area (Å²) in [7, 11) is -3.69. The fourth-order valence-electron chi connectivity index (χ4n) is 4.65. The minimum absolute atomic E-state index is 0.0498. The van der Waals surface area contributed by atoms with Crippen LogP contribution in [0.5, 0.6) is 0 Å². The first-order valence-corrected chi connectivity index (χ1v) is 15.2. The summed E-state index contributed by atoms with van der Waals surface area (Å²) in [6.45, 7) is 1.40. The standard InChI is InChI=1S/C29H24ClF3N4O3S2/c30-23-11-10-22(29(31,32)33)17-24(23)35-28(41)37-15-13-36(14-16-37)27(38)21-8-6-19(7-9-21)18-42(39,40)25-5-1-3-20-4-2-12-34-26(20)25/h1-12,17H,13-16,18H2,(H,35,41). The van der Waals surface area contributed by atoms with E-state index in [-0.39, 0.29) is 32.4 Å². The molecule has 1 aliphatic rings. The van der Waals surface area contributed by atoms with E-state index in [9.17, 15) is 26.4 Å². The summed E-state index contributed by atoms with van der Waals surface area (Å²) in [6.07, 6.45) is -2.97. The molecule has 218 valence electrons. The Balaban J connectivity index is 1.19. The lowest BCUT2D eigenvalue weighted by molar-refractivity contribution is -0.137. The second-order valence-corrected chi connectivity index (χ2v) is 12.4. The number of fused-ring (bicyclic) bond motifs is 1. The van der Waals surface area contributed by atoms with Gasteiger partial charge in [-0.1, -0.05) is 41.9 Å². The maximum atomic E-state index is 13.2. The van der Waals surface area contributed by atoms with Crippen LogP contribution >= 0.6 is 23.8 Å². The first-order valence-electron chi connectivity index (χ1n) is 12.8. The van der Waals surface area contributed by atoms with Crippen molar-refractivity contribution < 1.29 is 26.4 Å². The average molecular weight is 633 g/mol. The van der Waals surface area contributed by atoms with E-state index >= 15 is 0 Å². The number of para-hydroxylation sites is 1. The second-order valence-electron chi connectivity index (χ2n) is 9.69. The van der Waals surface area contributed by atoms with Crippen LogP contribution in [0.1, 0.15) is 21.5 Å². The van der Waals surface area contributed by atoms with E-state index in [1.807, 2.05) is 0 Å². The highest BCUT2D eigenvalue weighted by molar-refractivity contribution is 7.90. The Kier molecular flexibility index (Phi) is 8.40. The molecule has 1 amide bonds. The van der Waals surface area contributed by atoms with Crippen molar-refractivity contribution in [3.63, 3.8) is 0 Å². The lowest BCUT2D eigenvalue weighted by atomic mass is 10.1. The molecule has 1 N–H and O–H groups in total. The van der Waals surface area contributed by atoms with Gasteiger partial charge in [0.15, 0.2) is 14.9 Å². The molecule has 0 bridgehead atoms. The van der Waals surface area contributed by atoms with Gasteiger partial charge in [0.2, 0.25) is 0 Å². The molecule has 0 radical (unpaired) electrons. The highest BCUT2D eigenvalue weighted by atomic mass is 35.5. The molecule has 0 unspecified atom stereocenters. The maximum absolute atomic E-state index is 13.2. The largest absolute Gasteiger partial charge is 0.416 e. The zero-order valence-electron chi connectivity index (χ0n) is 21.9. The van der Waals surface area contributed by atoms with Crippen LogP contribution in [-0.4, -0.2) is 60.4 Å². The van der Waals surface area contributed by atoms with Crippen molar-refractivity contribution in [1.29, 1.82) is 0 Å². The van der Waals surface area contributed by atoms with Crippen LogP contribution in [0.4, 0.5) is 18.9 Å². The number of sulfone groups is 1. The van der Waals surface area contributed by atoms with Crippen LogP contribution in [0.3, 0.4) is 0 Å². The summed E-state index contributed by atoms with van der Waals surface area (Å²) in [6, 6.07) is 18.0. The number of amides is 1. The zero-order chi connectivity index (χ0) is 30.1. The third-order valence-electron chi connectivity index (χ3n) is 6.88. The molecule has 7 nitrogen and oxygen atoms in total. The Morgan fingerprint density at radius 2 is 1.62 bits per heavy atom. The SMILES string of the molecule is O=C(c1ccc(CS(=O)(=O)c2cccc3cccnc23)cc1)N1CCN(C(=S)Nc2cc(C(F)(F)F)ccc2Cl)CC1. The van der Waals surface area contributed by atoms with Gasteiger partial charge in [-0.15, -0.1) is 0 Å². The lowest BCUT2D eigenvalue weighted by Gasteiger charge is -2.36. The van der Waals surface area contributed by atoms with Gasteiger partial charge in [0.05, 0.1) is 32.4 Å². The molecule has 0 aliphatic carbocycles. The lowest BCUT2D eigenvalue weighted by Crippen LogP contribution is -2.51. The molecule has 42 heavy (non-hydrogen) atoms. The fourth-order valence-corrected chi connectivity index (χ4v) is 6.65. The van der Waals surface area contributed by atoms with Gasteiger partial charge in [0, 0.05) is 43.3 Å². The van der Waals surface area contributed by atoms with Crippen LogP contribution in [-0.2, 0) is 21.8 Å². The smallest absolute Gasteiger partial charge is 0.345 e. The number of carbonyl (C=O) groups excluding carboxylic acids is 1. The molecular weight excluding hydrogens is 609 g/mol. The Morgan fingerprint density at radius 3 is 2.31 bits per heavy atom. The van der Waals surface area contributed by atoms with Gasteiger partial charge in [-0.05, 0) is 60.2 Å². The number of hydrogen-bond acceptors (Lipinski definition) is 5. The van der Waals surface area contributed by atoms with Gasteiger partial charge in [-0.2, -0.15) is 13.2 Å². The van der Waals surface area contributed by atoms with Gasteiger partial charge in [0.1, 0.15) is 0 Å². The topological polar surface area (TPSA) is 82.6 Å². The third-order valence-corrected chi connectivity index (χ3v) is 9.28. The molecule has 4 aromatic rings. The third kappa shape index (κ3) is 6.50. The Labute approximate surface area is 250 Å². The van der Waals surface area contributed by atoms with Crippen molar-refractivity contribution >= 4 is 61.3 Å². The average Bonchev–Trinajstić information content (AvgIpc) is 2.97. The first kappa shape index (κ1) is 29.7. The van der Waals surface area contributed by atoms with Gasteiger partial charge >= 0.3 is 6.18 Å². The number of piperazine rings is 1. The number of hydrogen-bond donors (Lipinski definition) is 1. The molecule has 0 atom stereocenters. The van der Waals surface area contributed by atoms with Crippen molar-refractivity contribution in [2.45, 2.75) is 16.8 Å². The predicted octanol–water partition coefficient (Wildman–Crippen LogP) is 6.04. The van der Waals surface area contributed by atoms with Crippen molar-refractivity contribution in [2.24, 2.45) is 0 Å². The summed E-state index contributed by atoms with van der Waals surface area (Å²) in [4.78, 5) is 20.9. The van der Waals surface area contributed by atoms with Gasteiger partial charge in [-0.25, -0.2) is 8.42 Å². The van der Waals surface area contributed by atoms with Crippen LogP contribution in [0.15, 0.2) is 83.9 Å². The number of anilines is 1. The maximum Gasteiger partial charge on any atom is 0.416 e. The zero-order valence-corrected chi connectivity index (χ0v) is 24.3. The number of nitrogens with one attached hydrogen (secondary N) is 1. The number of carbonyl (C=O) groups is 1. The van der Waals surface area contributed by atoms with E-state index < -0.39 is 21.6 Å². The van der Waals surface area contributed by atoms with E-state index in [0.29, 0.717) is 42.8 Å². The van der Waals surface area contributed by atoms with Crippen LogP contribution in [0.2, 0.25) is 5.02 Å². The minimum Gasteiger partial charge on any atom is -0.345 e. The van der Waals surface area contributed by atoms with Crippen LogP contribution in [0, 0.1) is 0 Å². The van der Waals surface area contributed by atoms with Crippen LogP contribution < -0.4 is 5.32 Å². The highest BCUT2D eigenvalue weighted by Gasteiger charge is 2.31. The molecule has 1 aliphatic heterocycles. The number of alkyl halides is 3. The summed E-state index contributed by atoms with van der Waals surface area (Å²) < 4.78 is 65.6. The Hall–Kier alpha value is -3.74. The van der Waals surface area contributed by atoms with E-state index in [1.165, 1.54) is 6.07 Å². The number of thiocarbonyl (C=S) groups is 1. The second kappa shape index (κ2) is 11.9. The molecule has 0 saturated carbocycles. The quantitative estimate of drug-likeness (QED) is 0.269. The summed E-state index contributed by atoms with van der Waals surface area (Å²) in [5.74, 6) is -0.460. The van der Waals surface area contributed by atoms with E-state index in [4.69, 9.17) is 23.8 Å². The number of rotatable bonds is 5. The summed E-state index contributed by atoms with van der Waals surface area (Å²) >= 11 is 11.5. The van der Waals surface area contributed by atoms with E-state index in [1.54, 1.807) is 64.5 Å². The number of pyridine rings is 1. The number of aromatic nitrogens is 1. The van der Waals surface area contributed by atoms with E-state index in [0.717, 1.165) is 23.6 Å². The molecule has 1 saturated heterocycles. The summed E-state index contributed by atoms with van der Waals surface area (Å²) in [5, 5.41) is 3.82. The molecule has 13 heteroatoms. The molecular formula is C29H24ClF3N4O3S2. The van der Waals surface area contributed by atoms with Gasteiger partial charge < -0.3 is 15.1 Å². The highest BCUT2D eigenvalue weighted by Crippen LogP contribution is 2.34. The number of nitrogens with zero attached hydrogens (tertiary/aromatic N) is 3.